The highest BCUT2D eigenvalue weighted by atomic mass is 32.2. The zero-order valence-corrected chi connectivity index (χ0v) is 15.5. The van der Waals surface area contributed by atoms with Gasteiger partial charge in [-0.05, 0) is 18.4 Å². The van der Waals surface area contributed by atoms with Crippen molar-refractivity contribution >= 4 is 15.9 Å². The largest absolute Gasteiger partial charge is 0.335 e. The van der Waals surface area contributed by atoms with Crippen molar-refractivity contribution in [1.29, 1.82) is 0 Å². The van der Waals surface area contributed by atoms with E-state index < -0.39 is 10.0 Å². The van der Waals surface area contributed by atoms with E-state index in [1.54, 1.807) is 17.2 Å². The molecule has 2 unspecified atom stereocenters. The summed E-state index contributed by atoms with van der Waals surface area (Å²) in [5.74, 6) is 0.734. The molecule has 0 spiro atoms. The van der Waals surface area contributed by atoms with Gasteiger partial charge in [0.2, 0.25) is 10.0 Å². The molecule has 7 nitrogen and oxygen atoms in total. The van der Waals surface area contributed by atoms with Crippen LogP contribution in [-0.2, 0) is 10.0 Å². The molecule has 0 aromatic carbocycles. The van der Waals surface area contributed by atoms with Gasteiger partial charge in [0.05, 0.1) is 6.26 Å². The Bertz CT molecular complexity index is 690. The molecular formula is C16H26N4O3S. The fourth-order valence-electron chi connectivity index (χ4n) is 3.04. The summed E-state index contributed by atoms with van der Waals surface area (Å²) in [4.78, 5) is 23.0. The summed E-state index contributed by atoms with van der Waals surface area (Å²) in [6, 6.07) is 1.37. The highest BCUT2D eigenvalue weighted by molar-refractivity contribution is 7.88. The van der Waals surface area contributed by atoms with Crippen molar-refractivity contribution in [2.75, 3.05) is 19.3 Å². The molecule has 1 aromatic rings. The van der Waals surface area contributed by atoms with E-state index in [4.69, 9.17) is 0 Å². The summed E-state index contributed by atoms with van der Waals surface area (Å²) in [5, 5.41) is 0. The van der Waals surface area contributed by atoms with Gasteiger partial charge in [-0.2, -0.15) is 0 Å². The van der Waals surface area contributed by atoms with Crippen LogP contribution in [0, 0.1) is 5.92 Å². The Morgan fingerprint density at radius 2 is 2.12 bits per heavy atom. The van der Waals surface area contributed by atoms with E-state index in [1.165, 1.54) is 0 Å². The van der Waals surface area contributed by atoms with Crippen LogP contribution < -0.4 is 4.72 Å². The van der Waals surface area contributed by atoms with Crippen molar-refractivity contribution in [3.05, 3.63) is 23.8 Å². The summed E-state index contributed by atoms with van der Waals surface area (Å²) in [5.41, 5.74) is 0.365. The SMILES string of the molecule is CCCC1CN(C(=O)c2ccnc(C(C)C)n2)CC1NS(C)(=O)=O. The van der Waals surface area contributed by atoms with E-state index in [0.717, 1.165) is 19.1 Å². The van der Waals surface area contributed by atoms with Crippen molar-refractivity contribution < 1.29 is 13.2 Å². The molecule has 134 valence electrons. The third-order valence-corrected chi connectivity index (χ3v) is 4.89. The first-order chi connectivity index (χ1) is 11.2. The van der Waals surface area contributed by atoms with Crippen molar-refractivity contribution in [3.8, 4) is 0 Å². The lowest BCUT2D eigenvalue weighted by atomic mass is 9.99. The van der Waals surface area contributed by atoms with Gasteiger partial charge in [0.25, 0.3) is 5.91 Å². The van der Waals surface area contributed by atoms with Crippen LogP contribution in [0.5, 0.6) is 0 Å². The lowest BCUT2D eigenvalue weighted by molar-refractivity contribution is 0.0778. The lowest BCUT2D eigenvalue weighted by Crippen LogP contribution is -2.40. The number of carbonyl (C=O) groups excluding carboxylic acids is 1. The van der Waals surface area contributed by atoms with Gasteiger partial charge in [0.15, 0.2) is 0 Å². The topological polar surface area (TPSA) is 92.3 Å². The second kappa shape index (κ2) is 7.57. The number of hydrogen-bond acceptors (Lipinski definition) is 5. The Hall–Kier alpha value is -1.54. The number of carbonyl (C=O) groups is 1. The number of aromatic nitrogens is 2. The quantitative estimate of drug-likeness (QED) is 0.833. The first kappa shape index (κ1) is 18.8. The van der Waals surface area contributed by atoms with E-state index in [0.29, 0.717) is 24.6 Å². The zero-order valence-electron chi connectivity index (χ0n) is 14.7. The Kier molecular flexibility index (Phi) is 5.92. The molecule has 24 heavy (non-hydrogen) atoms. The highest BCUT2D eigenvalue weighted by Crippen LogP contribution is 2.24. The molecule has 0 saturated carbocycles. The Morgan fingerprint density at radius 3 is 2.71 bits per heavy atom. The predicted molar refractivity (Wildman–Crippen MR) is 92.2 cm³/mol. The van der Waals surface area contributed by atoms with Crippen LogP contribution in [0.25, 0.3) is 0 Å². The maximum atomic E-state index is 12.7. The minimum Gasteiger partial charge on any atom is -0.335 e. The number of rotatable bonds is 6. The molecule has 1 aliphatic heterocycles. The number of nitrogens with zero attached hydrogens (tertiary/aromatic N) is 3. The van der Waals surface area contributed by atoms with Gasteiger partial charge in [0, 0.05) is 31.2 Å². The lowest BCUT2D eigenvalue weighted by Gasteiger charge is -2.17. The van der Waals surface area contributed by atoms with Crippen molar-refractivity contribution in [1.82, 2.24) is 19.6 Å². The summed E-state index contributed by atoms with van der Waals surface area (Å²) >= 11 is 0. The average Bonchev–Trinajstić information content (AvgIpc) is 2.88. The first-order valence-electron chi connectivity index (χ1n) is 8.30. The first-order valence-corrected chi connectivity index (χ1v) is 10.2. The van der Waals surface area contributed by atoms with Crippen LogP contribution in [0.15, 0.2) is 12.3 Å². The van der Waals surface area contributed by atoms with Crippen molar-refractivity contribution in [2.45, 2.75) is 45.6 Å². The van der Waals surface area contributed by atoms with E-state index >= 15 is 0 Å². The van der Waals surface area contributed by atoms with Gasteiger partial charge in [-0.15, -0.1) is 0 Å². The van der Waals surface area contributed by atoms with Crippen LogP contribution in [0.4, 0.5) is 0 Å². The van der Waals surface area contributed by atoms with E-state index in [2.05, 4.69) is 21.6 Å². The van der Waals surface area contributed by atoms with Crippen LogP contribution in [-0.4, -0.2) is 54.6 Å². The summed E-state index contributed by atoms with van der Waals surface area (Å²) in [7, 11) is -3.30. The van der Waals surface area contributed by atoms with E-state index in [-0.39, 0.29) is 23.8 Å². The molecule has 2 atom stereocenters. The second-order valence-corrected chi connectivity index (χ2v) is 8.49. The molecule has 1 fully saturated rings. The molecule has 2 rings (SSSR count). The predicted octanol–water partition coefficient (Wildman–Crippen LogP) is 1.39. The summed E-state index contributed by atoms with van der Waals surface area (Å²) in [6.45, 7) is 6.92. The fourth-order valence-corrected chi connectivity index (χ4v) is 3.86. The van der Waals surface area contributed by atoms with Gasteiger partial charge < -0.3 is 4.90 Å². The Morgan fingerprint density at radius 1 is 1.42 bits per heavy atom. The number of hydrogen-bond donors (Lipinski definition) is 1. The minimum atomic E-state index is -3.30. The van der Waals surface area contributed by atoms with Gasteiger partial charge in [0.1, 0.15) is 11.5 Å². The molecule has 1 amide bonds. The number of amides is 1. The highest BCUT2D eigenvalue weighted by Gasteiger charge is 2.36. The monoisotopic (exact) mass is 354 g/mol. The minimum absolute atomic E-state index is 0.125. The van der Waals surface area contributed by atoms with Gasteiger partial charge >= 0.3 is 0 Å². The summed E-state index contributed by atoms with van der Waals surface area (Å²) in [6.07, 6.45) is 4.57. The molecule has 8 heteroatoms. The smallest absolute Gasteiger partial charge is 0.272 e. The van der Waals surface area contributed by atoms with Crippen molar-refractivity contribution in [2.24, 2.45) is 5.92 Å². The van der Waals surface area contributed by atoms with Gasteiger partial charge in [-0.25, -0.2) is 23.1 Å². The van der Waals surface area contributed by atoms with E-state index in [9.17, 15) is 13.2 Å². The number of nitrogens with one attached hydrogen (secondary N) is 1. The molecule has 1 N–H and O–H groups in total. The van der Waals surface area contributed by atoms with Gasteiger partial charge in [-0.3, -0.25) is 4.79 Å². The Labute approximate surface area is 143 Å². The summed E-state index contributed by atoms with van der Waals surface area (Å²) < 4.78 is 25.8. The van der Waals surface area contributed by atoms with Gasteiger partial charge in [-0.1, -0.05) is 27.2 Å². The van der Waals surface area contributed by atoms with Crippen LogP contribution in [0.2, 0.25) is 0 Å². The fraction of sp³-hybridized carbons (Fsp3) is 0.688. The normalized spacial score (nSPS) is 21.5. The van der Waals surface area contributed by atoms with Crippen LogP contribution in [0.3, 0.4) is 0 Å². The second-order valence-electron chi connectivity index (χ2n) is 6.71. The standard InChI is InChI=1S/C16H26N4O3S/c1-5-6-12-9-20(10-14(12)19-24(4,22)23)16(21)13-7-8-17-15(18-13)11(2)3/h7-8,11-12,14,19H,5-6,9-10H2,1-4H3. The van der Waals surface area contributed by atoms with Crippen LogP contribution in [0.1, 0.15) is 55.8 Å². The molecule has 1 aliphatic rings. The maximum Gasteiger partial charge on any atom is 0.272 e. The number of sulfonamides is 1. The molecule has 0 aliphatic carbocycles. The van der Waals surface area contributed by atoms with E-state index in [1.807, 2.05) is 13.8 Å². The van der Waals surface area contributed by atoms with Crippen molar-refractivity contribution in [3.63, 3.8) is 0 Å². The molecule has 1 aromatic heterocycles. The average molecular weight is 354 g/mol. The molecule has 1 saturated heterocycles. The molecule has 0 bridgehead atoms. The third-order valence-electron chi connectivity index (χ3n) is 4.16. The molecule has 2 heterocycles. The number of likely N-dealkylation sites (tertiary alicyclic amines) is 1. The maximum absolute atomic E-state index is 12.7. The van der Waals surface area contributed by atoms with Crippen LogP contribution >= 0.6 is 0 Å². The molecule has 0 radical (unpaired) electrons. The molecular weight excluding hydrogens is 328 g/mol. The zero-order chi connectivity index (χ0) is 17.9. The Balaban J connectivity index is 2.16. The third kappa shape index (κ3) is 4.73.